The Bertz CT molecular complexity index is 1780. The van der Waals surface area contributed by atoms with Crippen molar-refractivity contribution in [2.45, 2.75) is 53.0 Å². The van der Waals surface area contributed by atoms with Crippen molar-refractivity contribution in [2.75, 3.05) is 18.4 Å². The van der Waals surface area contributed by atoms with Crippen LogP contribution in [0.1, 0.15) is 28.7 Å². The fourth-order valence-electron chi connectivity index (χ4n) is 6.91. The van der Waals surface area contributed by atoms with Gasteiger partial charge in [0, 0.05) is 41.7 Å². The predicted molar refractivity (Wildman–Crippen MR) is 148 cm³/mol. The smallest absolute Gasteiger partial charge is 0.373 e. The Balaban J connectivity index is 1.46. The lowest BCUT2D eigenvalue weighted by atomic mass is 9.75. The number of amides is 1. The Morgan fingerprint density at radius 1 is 0.911 bits per heavy atom. The highest BCUT2D eigenvalue weighted by Crippen LogP contribution is 2.56. The van der Waals surface area contributed by atoms with Crippen LogP contribution in [0.5, 0.6) is 0 Å². The molecule has 1 aliphatic carbocycles. The fraction of sp³-hybridized carbons (Fsp3) is 0.367. The highest BCUT2D eigenvalue weighted by Gasteiger charge is 2.73. The van der Waals surface area contributed by atoms with Crippen LogP contribution in [-0.4, -0.2) is 50.7 Å². The zero-order chi connectivity index (χ0) is 32.7. The maximum atomic E-state index is 15.0. The molecule has 0 saturated carbocycles. The third-order valence-corrected chi connectivity index (χ3v) is 11.8. The summed E-state index contributed by atoms with van der Waals surface area (Å²) in [5.41, 5.74) is -6.38. The van der Waals surface area contributed by atoms with Crippen molar-refractivity contribution in [1.82, 2.24) is 4.90 Å². The van der Waals surface area contributed by atoms with Gasteiger partial charge in [-0.2, -0.15) is 26.3 Å². The van der Waals surface area contributed by atoms with Crippen molar-refractivity contribution in [2.24, 2.45) is 5.92 Å². The van der Waals surface area contributed by atoms with E-state index in [1.165, 1.54) is 4.90 Å². The van der Waals surface area contributed by atoms with Crippen LogP contribution in [0, 0.1) is 11.7 Å². The normalized spacial score (nSPS) is 23.3. The van der Waals surface area contributed by atoms with Crippen molar-refractivity contribution in [3.05, 3.63) is 93.8 Å². The average Bonchev–Trinajstić information content (AvgIpc) is 3.58. The molecule has 3 aliphatic rings. The summed E-state index contributed by atoms with van der Waals surface area (Å²) in [7, 11) is -4.58. The van der Waals surface area contributed by atoms with E-state index in [9.17, 15) is 43.9 Å². The number of carbonyl (C=O) groups is 1. The molecule has 0 radical (unpaired) electrons. The third-order valence-electron chi connectivity index (χ3n) is 9.06. The molecule has 0 bridgehead atoms. The lowest BCUT2D eigenvalue weighted by Crippen LogP contribution is -2.51. The summed E-state index contributed by atoms with van der Waals surface area (Å²) in [4.78, 5) is 14.8. The van der Waals surface area contributed by atoms with Crippen molar-refractivity contribution in [3.63, 3.8) is 0 Å². The first-order valence-corrected chi connectivity index (χ1v) is 15.6. The molecule has 0 spiro atoms. The van der Waals surface area contributed by atoms with E-state index in [-0.39, 0.29) is 41.8 Å². The minimum absolute atomic E-state index is 0.0497. The molecule has 5 nitrogen and oxygen atoms in total. The molecular formula is C30H23ClF8N2O3S. The first-order chi connectivity index (χ1) is 20.9. The number of nitrogens with zero attached hydrogens (tertiary/aromatic N) is 1. The molecule has 1 saturated heterocycles. The number of nitrogens with one attached hydrogen (secondary N) is 1. The Morgan fingerprint density at radius 3 is 2.22 bits per heavy atom. The van der Waals surface area contributed by atoms with E-state index in [0.717, 1.165) is 35.9 Å². The number of alkyl halides is 7. The second-order valence-electron chi connectivity index (χ2n) is 11.5. The van der Waals surface area contributed by atoms with E-state index in [4.69, 9.17) is 11.6 Å². The van der Waals surface area contributed by atoms with Gasteiger partial charge < -0.3 is 10.2 Å². The summed E-state index contributed by atoms with van der Waals surface area (Å²) in [6.07, 6.45) is -12.7. The van der Waals surface area contributed by atoms with Crippen LogP contribution in [0.15, 0.2) is 65.6 Å². The summed E-state index contributed by atoms with van der Waals surface area (Å²) in [5, 5.41) is 3.53. The summed E-state index contributed by atoms with van der Waals surface area (Å²) in [5.74, 6) is -2.06. The SMILES string of the molecule is O=C(C1Cc2cc(Cl)ccc2N1)N1CC2CCc3cc(C(F)(C(F)(F)F)C(F)(F)F)ccc3C2(S(=O)(=O)c2ccc(F)cc2)C1. The number of rotatable bonds is 4. The number of likely N-dealkylation sites (tertiary alicyclic amines) is 1. The Hall–Kier alpha value is -3.39. The Kier molecular flexibility index (Phi) is 7.24. The van der Waals surface area contributed by atoms with Crippen LogP contribution in [0.3, 0.4) is 0 Å². The summed E-state index contributed by atoms with van der Waals surface area (Å²) in [6.45, 7) is -0.578. The van der Waals surface area contributed by atoms with Gasteiger partial charge in [0.2, 0.25) is 5.91 Å². The average molecular weight is 679 g/mol. The van der Waals surface area contributed by atoms with Gasteiger partial charge in [0.15, 0.2) is 9.84 Å². The van der Waals surface area contributed by atoms with Crippen LogP contribution in [-0.2, 0) is 37.9 Å². The molecule has 6 rings (SSSR count). The van der Waals surface area contributed by atoms with Gasteiger partial charge in [0.25, 0.3) is 0 Å². The van der Waals surface area contributed by atoms with Crippen molar-refractivity contribution in [3.8, 4) is 0 Å². The number of anilines is 1. The van der Waals surface area contributed by atoms with Gasteiger partial charge in [-0.05, 0) is 72.0 Å². The molecular weight excluding hydrogens is 656 g/mol. The van der Waals surface area contributed by atoms with E-state index in [1.54, 1.807) is 18.2 Å². The zero-order valence-corrected chi connectivity index (χ0v) is 24.5. The van der Waals surface area contributed by atoms with Gasteiger partial charge in [0.05, 0.1) is 4.90 Å². The molecule has 1 N–H and O–H groups in total. The van der Waals surface area contributed by atoms with Crippen molar-refractivity contribution in [1.29, 1.82) is 0 Å². The molecule has 1 fully saturated rings. The lowest BCUT2D eigenvalue weighted by Gasteiger charge is -2.40. The first-order valence-electron chi connectivity index (χ1n) is 13.7. The monoisotopic (exact) mass is 678 g/mol. The van der Waals surface area contributed by atoms with Crippen LogP contribution < -0.4 is 5.32 Å². The third kappa shape index (κ3) is 4.69. The standard InChI is InChI=1S/C30H23ClF8N2O3S/c31-20-4-10-24-17(12-20)13-25(40-24)26(42)41-14-19-2-1-16-11-18(28(33,29(34,35)36)30(37,38)39)3-9-23(16)27(19,15-41)45(43,44)22-7-5-21(32)6-8-22/h3-12,19,25,40H,1-2,13-15H2. The van der Waals surface area contributed by atoms with Gasteiger partial charge in [-0.3, -0.25) is 4.79 Å². The van der Waals surface area contributed by atoms with Crippen LogP contribution in [0.4, 0.5) is 40.8 Å². The predicted octanol–water partition coefficient (Wildman–Crippen LogP) is 6.88. The maximum absolute atomic E-state index is 15.0. The molecule has 1 amide bonds. The molecule has 240 valence electrons. The second kappa shape index (κ2) is 10.3. The lowest BCUT2D eigenvalue weighted by molar-refractivity contribution is -0.348. The fourth-order valence-corrected chi connectivity index (χ4v) is 9.46. The largest absolute Gasteiger partial charge is 0.435 e. The van der Waals surface area contributed by atoms with Gasteiger partial charge in [-0.25, -0.2) is 17.2 Å². The highest BCUT2D eigenvalue weighted by molar-refractivity contribution is 7.92. The van der Waals surface area contributed by atoms with E-state index in [0.29, 0.717) is 22.8 Å². The molecule has 3 unspecified atom stereocenters. The summed E-state index contributed by atoms with van der Waals surface area (Å²) >= 11 is 6.07. The van der Waals surface area contributed by atoms with Gasteiger partial charge in [0.1, 0.15) is 16.6 Å². The summed E-state index contributed by atoms with van der Waals surface area (Å²) in [6, 6.07) is 9.51. The highest BCUT2D eigenvalue weighted by atomic mass is 35.5. The Morgan fingerprint density at radius 2 is 1.58 bits per heavy atom. The molecule has 45 heavy (non-hydrogen) atoms. The number of carbonyl (C=O) groups excluding carboxylic acids is 1. The van der Waals surface area contributed by atoms with Crippen molar-refractivity contribution < 1.29 is 48.3 Å². The number of sulfone groups is 1. The Labute approximate surface area is 257 Å². The topological polar surface area (TPSA) is 66.5 Å². The molecule has 3 atom stereocenters. The number of aryl methyl sites for hydroxylation is 1. The quantitative estimate of drug-likeness (QED) is 0.242. The van der Waals surface area contributed by atoms with Crippen LogP contribution in [0.2, 0.25) is 5.02 Å². The maximum Gasteiger partial charge on any atom is 0.435 e. The van der Waals surface area contributed by atoms with E-state index < -0.39 is 68.4 Å². The molecule has 3 aromatic rings. The van der Waals surface area contributed by atoms with E-state index in [2.05, 4.69) is 5.32 Å². The number of fused-ring (bicyclic) bond motifs is 4. The van der Waals surface area contributed by atoms with Gasteiger partial charge >= 0.3 is 18.0 Å². The van der Waals surface area contributed by atoms with Gasteiger partial charge in [-0.15, -0.1) is 0 Å². The van der Waals surface area contributed by atoms with Crippen LogP contribution in [0.25, 0.3) is 0 Å². The zero-order valence-electron chi connectivity index (χ0n) is 22.9. The second-order valence-corrected chi connectivity index (χ2v) is 14.2. The van der Waals surface area contributed by atoms with Crippen LogP contribution >= 0.6 is 11.6 Å². The number of benzene rings is 3. The van der Waals surface area contributed by atoms with Gasteiger partial charge in [-0.1, -0.05) is 29.8 Å². The molecule has 15 heteroatoms. The molecule has 3 aromatic carbocycles. The number of hydrogen-bond acceptors (Lipinski definition) is 4. The minimum Gasteiger partial charge on any atom is -0.373 e. The van der Waals surface area contributed by atoms with E-state index >= 15 is 4.39 Å². The minimum atomic E-state index is -6.36. The number of halogens is 9. The van der Waals surface area contributed by atoms with E-state index in [1.807, 2.05) is 0 Å². The first kappa shape index (κ1) is 31.6. The van der Waals surface area contributed by atoms with Crippen molar-refractivity contribution >= 4 is 33.0 Å². The molecule has 2 heterocycles. The molecule has 2 aliphatic heterocycles. The number of hydrogen-bond donors (Lipinski definition) is 1. The summed E-state index contributed by atoms with van der Waals surface area (Å²) < 4.78 is 137. The molecule has 0 aromatic heterocycles.